The molecule has 0 bridgehead atoms. The molecule has 0 aromatic carbocycles. The first-order valence-electron chi connectivity index (χ1n) is 3.60. The van der Waals surface area contributed by atoms with Gasteiger partial charge in [-0.1, -0.05) is 6.08 Å². The molecule has 11 heavy (non-hydrogen) atoms. The van der Waals surface area contributed by atoms with Gasteiger partial charge in [-0.3, -0.25) is 4.79 Å². The number of aldehydes is 1. The summed E-state index contributed by atoms with van der Waals surface area (Å²) in [5.74, 6) is -0.0295. The van der Waals surface area contributed by atoms with Gasteiger partial charge in [0, 0.05) is 6.42 Å². The first kappa shape index (κ1) is 8.14. The van der Waals surface area contributed by atoms with Crippen molar-refractivity contribution in [2.75, 3.05) is 6.61 Å². The third-order valence-corrected chi connectivity index (χ3v) is 1.54. The SMILES string of the molecule is O=CCC[C@@H]1OCC=CC1=O. The Balaban J connectivity index is 2.38. The lowest BCUT2D eigenvalue weighted by Crippen LogP contribution is -2.26. The molecule has 0 unspecified atom stereocenters. The van der Waals surface area contributed by atoms with Crippen LogP contribution in [0.25, 0.3) is 0 Å². The van der Waals surface area contributed by atoms with E-state index in [0.29, 0.717) is 19.4 Å². The fourth-order valence-corrected chi connectivity index (χ4v) is 0.970. The number of hydrogen-bond acceptors (Lipinski definition) is 3. The van der Waals surface area contributed by atoms with Crippen LogP contribution < -0.4 is 0 Å². The quantitative estimate of drug-likeness (QED) is 0.555. The van der Waals surface area contributed by atoms with Gasteiger partial charge in [0.1, 0.15) is 12.4 Å². The minimum Gasteiger partial charge on any atom is -0.366 e. The van der Waals surface area contributed by atoms with E-state index >= 15 is 0 Å². The van der Waals surface area contributed by atoms with E-state index in [1.807, 2.05) is 0 Å². The van der Waals surface area contributed by atoms with Crippen LogP contribution in [0.4, 0.5) is 0 Å². The maximum atomic E-state index is 11.0. The van der Waals surface area contributed by atoms with E-state index in [4.69, 9.17) is 4.74 Å². The number of ether oxygens (including phenoxy) is 1. The van der Waals surface area contributed by atoms with E-state index in [1.54, 1.807) is 6.08 Å². The minimum atomic E-state index is -0.384. The number of carbonyl (C=O) groups is 2. The monoisotopic (exact) mass is 154 g/mol. The van der Waals surface area contributed by atoms with Crippen molar-refractivity contribution in [3.63, 3.8) is 0 Å². The van der Waals surface area contributed by atoms with Crippen molar-refractivity contribution in [3.05, 3.63) is 12.2 Å². The molecule has 0 radical (unpaired) electrons. The molecular weight excluding hydrogens is 144 g/mol. The molecule has 0 saturated heterocycles. The lowest BCUT2D eigenvalue weighted by molar-refractivity contribution is -0.126. The molecule has 3 heteroatoms. The van der Waals surface area contributed by atoms with Crippen LogP contribution in [0.1, 0.15) is 12.8 Å². The molecule has 3 nitrogen and oxygen atoms in total. The van der Waals surface area contributed by atoms with Crippen molar-refractivity contribution in [3.8, 4) is 0 Å². The average molecular weight is 154 g/mol. The lowest BCUT2D eigenvalue weighted by Gasteiger charge is -2.15. The van der Waals surface area contributed by atoms with Gasteiger partial charge in [-0.2, -0.15) is 0 Å². The second-order valence-corrected chi connectivity index (χ2v) is 2.37. The molecule has 0 amide bonds. The van der Waals surface area contributed by atoms with Crippen molar-refractivity contribution in [1.82, 2.24) is 0 Å². The summed E-state index contributed by atoms with van der Waals surface area (Å²) >= 11 is 0. The number of rotatable bonds is 3. The highest BCUT2D eigenvalue weighted by atomic mass is 16.5. The number of ketones is 1. The average Bonchev–Trinajstić information content (AvgIpc) is 2.03. The molecular formula is C8H10O3. The predicted molar refractivity (Wildman–Crippen MR) is 39.2 cm³/mol. The van der Waals surface area contributed by atoms with Crippen molar-refractivity contribution in [1.29, 1.82) is 0 Å². The van der Waals surface area contributed by atoms with E-state index in [0.717, 1.165) is 6.29 Å². The summed E-state index contributed by atoms with van der Waals surface area (Å²) in [6, 6.07) is 0. The van der Waals surface area contributed by atoms with Crippen molar-refractivity contribution >= 4 is 12.1 Å². The summed E-state index contributed by atoms with van der Waals surface area (Å²) < 4.78 is 5.10. The van der Waals surface area contributed by atoms with E-state index < -0.39 is 0 Å². The smallest absolute Gasteiger partial charge is 0.184 e. The van der Waals surface area contributed by atoms with Gasteiger partial charge in [-0.15, -0.1) is 0 Å². The Bertz CT molecular complexity index is 184. The number of hydrogen-bond donors (Lipinski definition) is 0. The zero-order valence-electron chi connectivity index (χ0n) is 6.16. The fourth-order valence-electron chi connectivity index (χ4n) is 0.970. The summed E-state index contributed by atoms with van der Waals surface area (Å²) in [4.78, 5) is 20.9. The molecule has 0 spiro atoms. The summed E-state index contributed by atoms with van der Waals surface area (Å²) in [6.07, 6.45) is 4.51. The molecule has 0 fully saturated rings. The molecule has 1 heterocycles. The van der Waals surface area contributed by atoms with Crippen molar-refractivity contribution < 1.29 is 14.3 Å². The summed E-state index contributed by atoms with van der Waals surface area (Å²) in [6.45, 7) is 0.481. The molecule has 1 aliphatic rings. The van der Waals surface area contributed by atoms with Crippen LogP contribution in [-0.4, -0.2) is 24.8 Å². The first-order valence-corrected chi connectivity index (χ1v) is 3.60. The lowest BCUT2D eigenvalue weighted by atomic mass is 10.1. The van der Waals surface area contributed by atoms with E-state index in [2.05, 4.69) is 0 Å². The Labute approximate surface area is 65.0 Å². The van der Waals surface area contributed by atoms with Crippen LogP contribution in [0, 0.1) is 0 Å². The van der Waals surface area contributed by atoms with Crippen LogP contribution in [0.2, 0.25) is 0 Å². The molecule has 0 aromatic heterocycles. The fraction of sp³-hybridized carbons (Fsp3) is 0.500. The van der Waals surface area contributed by atoms with E-state index in [9.17, 15) is 9.59 Å². The highest BCUT2D eigenvalue weighted by Gasteiger charge is 2.17. The van der Waals surface area contributed by atoms with E-state index in [-0.39, 0.29) is 11.9 Å². The Morgan fingerprint density at radius 3 is 3.18 bits per heavy atom. The van der Waals surface area contributed by atoms with Crippen LogP contribution in [0.15, 0.2) is 12.2 Å². The molecule has 1 rings (SSSR count). The van der Waals surface area contributed by atoms with Crippen LogP contribution in [0.3, 0.4) is 0 Å². The Kier molecular flexibility index (Phi) is 2.98. The molecule has 0 N–H and O–H groups in total. The molecule has 0 saturated carbocycles. The maximum absolute atomic E-state index is 11.0. The van der Waals surface area contributed by atoms with Gasteiger partial charge >= 0.3 is 0 Å². The summed E-state index contributed by atoms with van der Waals surface area (Å²) in [7, 11) is 0. The van der Waals surface area contributed by atoms with Crippen LogP contribution in [-0.2, 0) is 14.3 Å². The number of carbonyl (C=O) groups excluding carboxylic acids is 2. The van der Waals surface area contributed by atoms with Gasteiger partial charge in [-0.25, -0.2) is 0 Å². The van der Waals surface area contributed by atoms with Gasteiger partial charge in [0.25, 0.3) is 0 Å². The standard InChI is InChI=1S/C8H10O3/c9-5-1-4-8-7(10)3-2-6-11-8/h2-3,5,8H,1,4,6H2/t8-/m0/s1. The van der Waals surface area contributed by atoms with Gasteiger partial charge in [0.15, 0.2) is 5.78 Å². The molecule has 1 aliphatic heterocycles. The highest BCUT2D eigenvalue weighted by Crippen LogP contribution is 2.07. The zero-order valence-corrected chi connectivity index (χ0v) is 6.16. The third-order valence-electron chi connectivity index (χ3n) is 1.54. The maximum Gasteiger partial charge on any atom is 0.184 e. The van der Waals surface area contributed by atoms with Crippen LogP contribution in [0.5, 0.6) is 0 Å². The zero-order chi connectivity index (χ0) is 8.10. The normalized spacial score (nSPS) is 23.6. The first-order chi connectivity index (χ1) is 5.34. The van der Waals surface area contributed by atoms with Crippen molar-refractivity contribution in [2.45, 2.75) is 18.9 Å². The topological polar surface area (TPSA) is 43.4 Å². The van der Waals surface area contributed by atoms with Crippen LogP contribution >= 0.6 is 0 Å². The Hall–Kier alpha value is -0.960. The minimum absolute atomic E-state index is 0.0295. The van der Waals surface area contributed by atoms with Gasteiger partial charge in [-0.05, 0) is 12.5 Å². The Morgan fingerprint density at radius 2 is 2.55 bits per heavy atom. The second-order valence-electron chi connectivity index (χ2n) is 2.37. The van der Waals surface area contributed by atoms with Gasteiger partial charge in [0.05, 0.1) is 6.61 Å². The largest absolute Gasteiger partial charge is 0.366 e. The molecule has 0 aromatic rings. The summed E-state index contributed by atoms with van der Waals surface area (Å²) in [5.41, 5.74) is 0. The third kappa shape index (κ3) is 2.27. The van der Waals surface area contributed by atoms with Gasteiger partial charge < -0.3 is 9.53 Å². The Morgan fingerprint density at radius 1 is 1.73 bits per heavy atom. The van der Waals surface area contributed by atoms with E-state index in [1.165, 1.54) is 6.08 Å². The molecule has 0 aliphatic carbocycles. The molecule has 1 atom stereocenters. The predicted octanol–water partition coefficient (Wildman–Crippen LogP) is 0.490. The second kappa shape index (κ2) is 4.03. The highest BCUT2D eigenvalue weighted by molar-refractivity contribution is 5.94. The summed E-state index contributed by atoms with van der Waals surface area (Å²) in [5, 5.41) is 0. The molecule has 60 valence electrons. The van der Waals surface area contributed by atoms with Crippen molar-refractivity contribution in [2.24, 2.45) is 0 Å². The van der Waals surface area contributed by atoms with Gasteiger partial charge in [0.2, 0.25) is 0 Å².